The van der Waals surface area contributed by atoms with E-state index in [1.165, 1.54) is 18.2 Å². The number of ether oxygens (including phenoxy) is 1. The summed E-state index contributed by atoms with van der Waals surface area (Å²) in [6.45, 7) is 4.26. The highest BCUT2D eigenvalue weighted by Gasteiger charge is 2.10. The second-order valence-corrected chi connectivity index (χ2v) is 6.27. The van der Waals surface area contributed by atoms with E-state index >= 15 is 0 Å². The summed E-state index contributed by atoms with van der Waals surface area (Å²) in [5.41, 5.74) is 6.18. The molecule has 0 unspecified atom stereocenters. The number of carbonyl (C=O) groups is 1. The van der Waals surface area contributed by atoms with Crippen molar-refractivity contribution in [1.82, 2.24) is 15.2 Å². The van der Waals surface area contributed by atoms with Gasteiger partial charge in [0.1, 0.15) is 11.6 Å². The lowest BCUT2D eigenvalue weighted by Gasteiger charge is -2.05. The fourth-order valence-corrected chi connectivity index (χ4v) is 2.71. The number of benzene rings is 2. The Bertz CT molecular complexity index is 983. The Morgan fingerprint density at radius 2 is 2.00 bits per heavy atom. The van der Waals surface area contributed by atoms with Crippen LogP contribution in [0.2, 0.25) is 0 Å². The number of aryl methyl sites for hydroxylation is 1. The highest BCUT2D eigenvalue weighted by atomic mass is 19.1. The van der Waals surface area contributed by atoms with Crippen LogP contribution in [0.4, 0.5) is 4.39 Å². The van der Waals surface area contributed by atoms with Crippen molar-refractivity contribution < 1.29 is 13.9 Å². The van der Waals surface area contributed by atoms with Gasteiger partial charge in [-0.15, -0.1) is 0 Å². The molecule has 0 aliphatic heterocycles. The maximum Gasteiger partial charge on any atom is 0.277 e. The first-order valence-corrected chi connectivity index (χ1v) is 8.81. The molecular formula is C21H21FN4O2. The van der Waals surface area contributed by atoms with Crippen LogP contribution in [0.3, 0.4) is 0 Å². The van der Waals surface area contributed by atoms with Gasteiger partial charge in [0.2, 0.25) is 0 Å². The average molecular weight is 380 g/mol. The number of hydrogen-bond acceptors (Lipinski definition) is 4. The summed E-state index contributed by atoms with van der Waals surface area (Å²) in [4.78, 5) is 11.8. The number of rotatable bonds is 7. The highest BCUT2D eigenvalue weighted by molar-refractivity contribution is 5.84. The van der Waals surface area contributed by atoms with Gasteiger partial charge in [0.25, 0.3) is 5.91 Å². The van der Waals surface area contributed by atoms with Crippen molar-refractivity contribution >= 4 is 12.1 Å². The molecule has 1 heterocycles. The molecule has 1 N–H and O–H groups in total. The first-order chi connectivity index (χ1) is 13.5. The van der Waals surface area contributed by atoms with Gasteiger partial charge in [-0.3, -0.25) is 9.48 Å². The predicted molar refractivity (Wildman–Crippen MR) is 105 cm³/mol. The molecule has 0 saturated heterocycles. The quantitative estimate of drug-likeness (QED) is 0.505. The Balaban J connectivity index is 1.57. The molecule has 0 aliphatic rings. The van der Waals surface area contributed by atoms with Crippen LogP contribution >= 0.6 is 0 Å². The number of nitrogens with zero attached hydrogens (tertiary/aromatic N) is 3. The molecule has 3 aromatic rings. The van der Waals surface area contributed by atoms with Crippen molar-refractivity contribution in [2.75, 3.05) is 6.61 Å². The van der Waals surface area contributed by atoms with Gasteiger partial charge in [-0.2, -0.15) is 10.2 Å². The Morgan fingerprint density at radius 1 is 1.21 bits per heavy atom. The van der Waals surface area contributed by atoms with Gasteiger partial charge in [-0.05, 0) is 31.5 Å². The molecule has 6 nitrogen and oxygen atoms in total. The van der Waals surface area contributed by atoms with Crippen LogP contribution in [0, 0.1) is 19.7 Å². The maximum absolute atomic E-state index is 13.1. The van der Waals surface area contributed by atoms with Gasteiger partial charge in [-0.25, -0.2) is 9.82 Å². The lowest BCUT2D eigenvalue weighted by molar-refractivity contribution is -0.123. The van der Waals surface area contributed by atoms with E-state index in [0.29, 0.717) is 6.54 Å². The number of aromatic nitrogens is 2. The van der Waals surface area contributed by atoms with E-state index in [2.05, 4.69) is 15.6 Å². The molecule has 0 aliphatic carbocycles. The second kappa shape index (κ2) is 8.94. The Kier molecular flexibility index (Phi) is 6.16. The molecule has 1 amide bonds. The SMILES string of the molecule is Cc1nn(Cc2ccccc2)c(C)c1/C=N\NC(=O)COc1cccc(F)c1. The van der Waals surface area contributed by atoms with Crippen LogP contribution in [0.1, 0.15) is 22.5 Å². The topological polar surface area (TPSA) is 68.5 Å². The van der Waals surface area contributed by atoms with Crippen LogP contribution in [0.5, 0.6) is 5.75 Å². The van der Waals surface area contributed by atoms with Crippen molar-refractivity contribution in [3.05, 3.63) is 82.9 Å². The molecule has 0 radical (unpaired) electrons. The Morgan fingerprint density at radius 3 is 2.75 bits per heavy atom. The normalized spacial score (nSPS) is 11.0. The minimum atomic E-state index is -0.438. The van der Waals surface area contributed by atoms with E-state index in [0.717, 1.165) is 22.5 Å². The molecular weight excluding hydrogens is 359 g/mol. The molecule has 0 fully saturated rings. The van der Waals surface area contributed by atoms with Gasteiger partial charge < -0.3 is 4.74 Å². The van der Waals surface area contributed by atoms with Crippen LogP contribution in [0.15, 0.2) is 59.7 Å². The number of hydrogen-bond donors (Lipinski definition) is 1. The summed E-state index contributed by atoms with van der Waals surface area (Å²) in [6.07, 6.45) is 1.57. The number of carbonyl (C=O) groups excluding carboxylic acids is 1. The van der Waals surface area contributed by atoms with Crippen molar-refractivity contribution in [3.63, 3.8) is 0 Å². The smallest absolute Gasteiger partial charge is 0.277 e. The number of amides is 1. The van der Waals surface area contributed by atoms with E-state index in [4.69, 9.17) is 4.74 Å². The van der Waals surface area contributed by atoms with Crippen molar-refractivity contribution in [1.29, 1.82) is 0 Å². The molecule has 144 valence electrons. The fourth-order valence-electron chi connectivity index (χ4n) is 2.71. The molecule has 1 aromatic heterocycles. The predicted octanol–water partition coefficient (Wildman–Crippen LogP) is 3.22. The third-order valence-electron chi connectivity index (χ3n) is 4.16. The summed E-state index contributed by atoms with van der Waals surface area (Å²) in [6, 6.07) is 15.7. The fraction of sp³-hybridized carbons (Fsp3) is 0.190. The van der Waals surface area contributed by atoms with Gasteiger partial charge in [0.05, 0.1) is 18.5 Å². The molecule has 2 aromatic carbocycles. The first-order valence-electron chi connectivity index (χ1n) is 8.81. The second-order valence-electron chi connectivity index (χ2n) is 6.27. The van der Waals surface area contributed by atoms with E-state index in [1.54, 1.807) is 12.3 Å². The molecule has 0 bridgehead atoms. The minimum Gasteiger partial charge on any atom is -0.484 e. The van der Waals surface area contributed by atoms with Crippen molar-refractivity contribution in [2.24, 2.45) is 5.10 Å². The molecule has 28 heavy (non-hydrogen) atoms. The number of halogens is 1. The first kappa shape index (κ1) is 19.3. The van der Waals surface area contributed by atoms with E-state index in [1.807, 2.05) is 48.9 Å². The largest absolute Gasteiger partial charge is 0.484 e. The number of hydrazone groups is 1. The van der Waals surface area contributed by atoms with E-state index < -0.39 is 11.7 Å². The summed E-state index contributed by atoms with van der Waals surface area (Å²) in [7, 11) is 0. The van der Waals surface area contributed by atoms with Crippen LogP contribution in [-0.2, 0) is 11.3 Å². The van der Waals surface area contributed by atoms with Crippen LogP contribution < -0.4 is 10.2 Å². The highest BCUT2D eigenvalue weighted by Crippen LogP contribution is 2.13. The van der Waals surface area contributed by atoms with Gasteiger partial charge >= 0.3 is 0 Å². The molecule has 0 spiro atoms. The Labute approximate surface area is 162 Å². The zero-order chi connectivity index (χ0) is 19.9. The lowest BCUT2D eigenvalue weighted by atomic mass is 10.2. The van der Waals surface area contributed by atoms with Gasteiger partial charge in [-0.1, -0.05) is 36.4 Å². The van der Waals surface area contributed by atoms with E-state index in [-0.39, 0.29) is 12.4 Å². The molecule has 0 saturated carbocycles. The average Bonchev–Trinajstić information content (AvgIpc) is 2.94. The minimum absolute atomic E-state index is 0.258. The molecule has 0 atom stereocenters. The zero-order valence-electron chi connectivity index (χ0n) is 15.7. The maximum atomic E-state index is 13.1. The summed E-state index contributed by atoms with van der Waals surface area (Å²) < 4.78 is 20.2. The van der Waals surface area contributed by atoms with Crippen molar-refractivity contribution in [2.45, 2.75) is 20.4 Å². The number of nitrogens with one attached hydrogen (secondary N) is 1. The third kappa shape index (κ3) is 5.03. The molecule has 7 heteroatoms. The monoisotopic (exact) mass is 380 g/mol. The summed E-state index contributed by atoms with van der Waals surface area (Å²) >= 11 is 0. The standard InChI is InChI=1S/C21H21FN4O2/c1-15-20(16(2)26(25-15)13-17-7-4-3-5-8-17)12-23-24-21(27)14-28-19-10-6-9-18(22)11-19/h3-12H,13-14H2,1-2H3,(H,24,27)/b23-12-. The Hall–Kier alpha value is -3.48. The van der Waals surface area contributed by atoms with Crippen LogP contribution in [-0.4, -0.2) is 28.5 Å². The zero-order valence-corrected chi connectivity index (χ0v) is 15.7. The van der Waals surface area contributed by atoms with Crippen LogP contribution in [0.25, 0.3) is 0 Å². The summed E-state index contributed by atoms with van der Waals surface area (Å²) in [5.74, 6) is -0.574. The summed E-state index contributed by atoms with van der Waals surface area (Å²) in [5, 5.41) is 8.52. The molecule has 3 rings (SSSR count). The van der Waals surface area contributed by atoms with Crippen molar-refractivity contribution in [3.8, 4) is 5.75 Å². The van der Waals surface area contributed by atoms with E-state index in [9.17, 15) is 9.18 Å². The lowest BCUT2D eigenvalue weighted by Crippen LogP contribution is -2.24. The third-order valence-corrected chi connectivity index (χ3v) is 4.16. The van der Waals surface area contributed by atoms with Gasteiger partial charge in [0.15, 0.2) is 6.61 Å². The van der Waals surface area contributed by atoms with Gasteiger partial charge in [0, 0.05) is 17.3 Å².